The Morgan fingerprint density at radius 3 is 2.52 bits per heavy atom. The number of hydrogen-bond acceptors (Lipinski definition) is 2. The third-order valence-corrected chi connectivity index (χ3v) is 3.23. The van der Waals surface area contributed by atoms with Gasteiger partial charge >= 0.3 is 0 Å². The zero-order chi connectivity index (χ0) is 15.4. The number of halogens is 1. The van der Waals surface area contributed by atoms with Crippen LogP contribution in [0, 0.1) is 19.7 Å². The number of anilines is 2. The van der Waals surface area contributed by atoms with Crippen molar-refractivity contribution in [3.05, 3.63) is 58.9 Å². The molecule has 2 N–H and O–H groups in total. The Kier molecular flexibility index (Phi) is 4.58. The Labute approximate surface area is 124 Å². The summed E-state index contributed by atoms with van der Waals surface area (Å²) in [5, 5.41) is 5.83. The molecule has 0 spiro atoms. The van der Waals surface area contributed by atoms with Gasteiger partial charge in [0, 0.05) is 17.8 Å². The molecule has 1 amide bonds. The fourth-order valence-electron chi connectivity index (χ4n) is 2.12. The zero-order valence-corrected chi connectivity index (χ0v) is 12.5. The minimum absolute atomic E-state index is 0.202. The molecule has 0 aliphatic rings. The summed E-state index contributed by atoms with van der Waals surface area (Å²) in [5.74, 6) is -0.749. The Morgan fingerprint density at radius 1 is 1.10 bits per heavy atom. The largest absolute Gasteiger partial charge is 0.385 e. The molecule has 3 nitrogen and oxygen atoms in total. The molecule has 21 heavy (non-hydrogen) atoms. The van der Waals surface area contributed by atoms with Crippen molar-refractivity contribution in [2.75, 3.05) is 17.2 Å². The molecule has 2 aromatic carbocycles. The first-order valence-corrected chi connectivity index (χ1v) is 6.93. The number of benzene rings is 2. The van der Waals surface area contributed by atoms with Crippen LogP contribution >= 0.6 is 0 Å². The van der Waals surface area contributed by atoms with E-state index in [0.29, 0.717) is 5.56 Å². The summed E-state index contributed by atoms with van der Waals surface area (Å²) in [6.45, 7) is 6.62. The van der Waals surface area contributed by atoms with Gasteiger partial charge in [-0.1, -0.05) is 6.07 Å². The van der Waals surface area contributed by atoms with Gasteiger partial charge in [-0.2, -0.15) is 0 Å². The summed E-state index contributed by atoms with van der Waals surface area (Å²) in [5.41, 5.74) is 3.58. The second-order valence-electron chi connectivity index (χ2n) is 5.00. The maximum atomic E-state index is 13.7. The van der Waals surface area contributed by atoms with Crippen molar-refractivity contribution in [2.45, 2.75) is 20.8 Å². The number of carbonyl (C=O) groups is 1. The molecule has 2 aromatic rings. The number of amides is 1. The van der Waals surface area contributed by atoms with Gasteiger partial charge in [0.1, 0.15) is 5.82 Å². The molecular weight excluding hydrogens is 267 g/mol. The molecule has 0 aromatic heterocycles. The smallest absolute Gasteiger partial charge is 0.255 e. The lowest BCUT2D eigenvalue weighted by Gasteiger charge is -2.11. The van der Waals surface area contributed by atoms with Gasteiger partial charge in [0.05, 0.1) is 5.69 Å². The molecular formula is C17H19FN2O. The summed E-state index contributed by atoms with van der Waals surface area (Å²) in [7, 11) is 0. The van der Waals surface area contributed by atoms with E-state index in [-0.39, 0.29) is 11.6 Å². The fraction of sp³-hybridized carbons (Fsp3) is 0.235. The van der Waals surface area contributed by atoms with Gasteiger partial charge in [0.2, 0.25) is 0 Å². The van der Waals surface area contributed by atoms with E-state index >= 15 is 0 Å². The molecule has 2 rings (SSSR count). The topological polar surface area (TPSA) is 41.1 Å². The molecule has 0 saturated carbocycles. The molecule has 0 aliphatic carbocycles. The number of aryl methyl sites for hydroxylation is 2. The lowest BCUT2D eigenvalue weighted by Crippen LogP contribution is -2.13. The van der Waals surface area contributed by atoms with Crippen LogP contribution in [0.5, 0.6) is 0 Å². The van der Waals surface area contributed by atoms with Crippen LogP contribution in [0.25, 0.3) is 0 Å². The zero-order valence-electron chi connectivity index (χ0n) is 12.5. The van der Waals surface area contributed by atoms with E-state index in [0.717, 1.165) is 23.4 Å². The second-order valence-corrected chi connectivity index (χ2v) is 5.00. The van der Waals surface area contributed by atoms with Crippen LogP contribution in [-0.4, -0.2) is 12.5 Å². The van der Waals surface area contributed by atoms with E-state index in [1.54, 1.807) is 24.3 Å². The molecule has 0 aliphatic heterocycles. The summed E-state index contributed by atoms with van der Waals surface area (Å²) < 4.78 is 13.7. The van der Waals surface area contributed by atoms with Gasteiger partial charge in [-0.25, -0.2) is 4.39 Å². The Bertz CT molecular complexity index is 668. The minimum atomic E-state index is -0.435. The van der Waals surface area contributed by atoms with Crippen LogP contribution in [0.3, 0.4) is 0 Å². The van der Waals surface area contributed by atoms with Crippen LogP contribution < -0.4 is 10.6 Å². The first-order chi connectivity index (χ1) is 10.0. The average molecular weight is 286 g/mol. The molecule has 0 saturated heterocycles. The highest BCUT2D eigenvalue weighted by molar-refractivity contribution is 6.04. The second kappa shape index (κ2) is 6.39. The molecule has 0 atom stereocenters. The lowest BCUT2D eigenvalue weighted by molar-refractivity contribution is 0.102. The van der Waals surface area contributed by atoms with E-state index in [1.165, 1.54) is 6.07 Å². The highest BCUT2D eigenvalue weighted by atomic mass is 19.1. The van der Waals surface area contributed by atoms with E-state index in [9.17, 15) is 9.18 Å². The van der Waals surface area contributed by atoms with Gasteiger partial charge in [-0.3, -0.25) is 4.79 Å². The highest BCUT2D eigenvalue weighted by Gasteiger charge is 2.10. The van der Waals surface area contributed by atoms with Gasteiger partial charge in [-0.15, -0.1) is 0 Å². The first kappa shape index (κ1) is 15.0. The van der Waals surface area contributed by atoms with Crippen molar-refractivity contribution in [1.29, 1.82) is 0 Å². The quantitative estimate of drug-likeness (QED) is 0.887. The third kappa shape index (κ3) is 3.60. The highest BCUT2D eigenvalue weighted by Crippen LogP contribution is 2.19. The van der Waals surface area contributed by atoms with Gasteiger partial charge < -0.3 is 10.6 Å². The van der Waals surface area contributed by atoms with Crippen LogP contribution in [-0.2, 0) is 0 Å². The van der Waals surface area contributed by atoms with E-state index in [1.807, 2.05) is 26.8 Å². The standard InChI is InChI=1S/C17H19FN2O/c1-4-19-15-8-6-13(10-12(15)3)17(21)20-16-9-11(2)5-7-14(16)18/h5-10,19H,4H2,1-3H3,(H,20,21). The van der Waals surface area contributed by atoms with Crippen molar-refractivity contribution in [3.8, 4) is 0 Å². The van der Waals surface area contributed by atoms with Crippen molar-refractivity contribution in [2.24, 2.45) is 0 Å². The van der Waals surface area contributed by atoms with E-state index < -0.39 is 5.82 Å². The van der Waals surface area contributed by atoms with Crippen LogP contribution in [0.15, 0.2) is 36.4 Å². The predicted octanol–water partition coefficient (Wildman–Crippen LogP) is 4.13. The Hall–Kier alpha value is -2.36. The van der Waals surface area contributed by atoms with Gasteiger partial charge in [0.15, 0.2) is 0 Å². The lowest BCUT2D eigenvalue weighted by atomic mass is 10.1. The normalized spacial score (nSPS) is 10.3. The maximum Gasteiger partial charge on any atom is 0.255 e. The predicted molar refractivity (Wildman–Crippen MR) is 84.4 cm³/mol. The van der Waals surface area contributed by atoms with E-state index in [2.05, 4.69) is 10.6 Å². The molecule has 0 fully saturated rings. The molecule has 0 radical (unpaired) electrons. The molecule has 110 valence electrons. The Balaban J connectivity index is 2.20. The first-order valence-electron chi connectivity index (χ1n) is 6.93. The number of carbonyl (C=O) groups excluding carboxylic acids is 1. The van der Waals surface area contributed by atoms with Crippen molar-refractivity contribution >= 4 is 17.3 Å². The molecule has 0 bridgehead atoms. The summed E-state index contributed by atoms with van der Waals surface area (Å²) >= 11 is 0. The number of nitrogens with one attached hydrogen (secondary N) is 2. The minimum Gasteiger partial charge on any atom is -0.385 e. The van der Waals surface area contributed by atoms with Gasteiger partial charge in [-0.05, 0) is 62.2 Å². The summed E-state index contributed by atoms with van der Waals surface area (Å²) in [6, 6.07) is 10.0. The SMILES string of the molecule is CCNc1ccc(C(=O)Nc2cc(C)ccc2F)cc1C. The summed E-state index contributed by atoms with van der Waals surface area (Å²) in [4.78, 5) is 12.2. The average Bonchev–Trinajstić information content (AvgIpc) is 2.45. The van der Waals surface area contributed by atoms with Crippen molar-refractivity contribution < 1.29 is 9.18 Å². The fourth-order valence-corrected chi connectivity index (χ4v) is 2.12. The summed E-state index contributed by atoms with van der Waals surface area (Å²) in [6.07, 6.45) is 0. The molecule has 4 heteroatoms. The van der Waals surface area contributed by atoms with E-state index in [4.69, 9.17) is 0 Å². The molecule has 0 unspecified atom stereocenters. The van der Waals surface area contributed by atoms with Crippen molar-refractivity contribution in [1.82, 2.24) is 0 Å². The third-order valence-electron chi connectivity index (χ3n) is 3.23. The number of rotatable bonds is 4. The van der Waals surface area contributed by atoms with Gasteiger partial charge in [0.25, 0.3) is 5.91 Å². The monoisotopic (exact) mass is 286 g/mol. The van der Waals surface area contributed by atoms with Crippen LogP contribution in [0.2, 0.25) is 0 Å². The van der Waals surface area contributed by atoms with Crippen LogP contribution in [0.1, 0.15) is 28.4 Å². The van der Waals surface area contributed by atoms with Crippen LogP contribution in [0.4, 0.5) is 15.8 Å². The Morgan fingerprint density at radius 2 is 1.86 bits per heavy atom. The maximum absolute atomic E-state index is 13.7. The molecule has 0 heterocycles. The van der Waals surface area contributed by atoms with Crippen molar-refractivity contribution in [3.63, 3.8) is 0 Å². The number of hydrogen-bond donors (Lipinski definition) is 2.